The minimum Gasteiger partial charge on any atom is -0.396 e. The minimum atomic E-state index is 0.309. The third-order valence-electron chi connectivity index (χ3n) is 2.76. The van der Waals surface area contributed by atoms with Gasteiger partial charge >= 0.3 is 0 Å². The zero-order chi connectivity index (χ0) is 10.2. The van der Waals surface area contributed by atoms with Crippen LogP contribution in [0.15, 0.2) is 0 Å². The molecule has 0 bridgehead atoms. The molecule has 1 rings (SSSR count). The average Bonchev–Trinajstić information content (AvgIpc) is 2.41. The van der Waals surface area contributed by atoms with Crippen LogP contribution in [0.5, 0.6) is 0 Å². The van der Waals surface area contributed by atoms with E-state index in [4.69, 9.17) is 10.8 Å². The molecule has 4 heteroatoms. The summed E-state index contributed by atoms with van der Waals surface area (Å²) in [5, 5.41) is 8.75. The first kappa shape index (κ1) is 11.9. The quantitative estimate of drug-likeness (QED) is 0.620. The first-order valence-corrected chi connectivity index (χ1v) is 5.62. The molecule has 0 unspecified atom stereocenters. The summed E-state index contributed by atoms with van der Waals surface area (Å²) in [6.45, 7) is 7.72. The molecule has 3 N–H and O–H groups in total. The Hall–Kier alpha value is -0.160. The largest absolute Gasteiger partial charge is 0.396 e. The molecule has 1 aliphatic rings. The van der Waals surface area contributed by atoms with E-state index in [1.54, 1.807) is 0 Å². The summed E-state index contributed by atoms with van der Waals surface area (Å²) >= 11 is 0. The summed E-state index contributed by atoms with van der Waals surface area (Å²) in [5.41, 5.74) is 5.54. The SMILES string of the molecule is NCCN1CCCN(CCCO)CC1. The van der Waals surface area contributed by atoms with Crippen molar-refractivity contribution in [2.24, 2.45) is 5.73 Å². The van der Waals surface area contributed by atoms with Crippen LogP contribution in [0.25, 0.3) is 0 Å². The molecule has 0 radical (unpaired) electrons. The highest BCUT2D eigenvalue weighted by Crippen LogP contribution is 2.02. The van der Waals surface area contributed by atoms with Gasteiger partial charge in [-0.3, -0.25) is 0 Å². The van der Waals surface area contributed by atoms with E-state index in [1.807, 2.05) is 0 Å². The van der Waals surface area contributed by atoms with Gasteiger partial charge in [0.15, 0.2) is 0 Å². The second kappa shape index (κ2) is 7.17. The fraction of sp³-hybridized carbons (Fsp3) is 1.00. The van der Waals surface area contributed by atoms with Crippen LogP contribution in [0.4, 0.5) is 0 Å². The summed E-state index contributed by atoms with van der Waals surface area (Å²) in [4.78, 5) is 4.87. The molecule has 1 heterocycles. The molecule has 14 heavy (non-hydrogen) atoms. The summed E-state index contributed by atoms with van der Waals surface area (Å²) in [6.07, 6.45) is 2.13. The molecule has 1 aliphatic heterocycles. The summed E-state index contributed by atoms with van der Waals surface area (Å²) in [6, 6.07) is 0. The zero-order valence-electron chi connectivity index (χ0n) is 8.99. The Labute approximate surface area is 86.7 Å². The van der Waals surface area contributed by atoms with Gasteiger partial charge in [-0.1, -0.05) is 0 Å². The highest BCUT2D eigenvalue weighted by atomic mass is 16.3. The van der Waals surface area contributed by atoms with Gasteiger partial charge in [0.1, 0.15) is 0 Å². The molecule has 0 aliphatic carbocycles. The molecular formula is C10H23N3O. The van der Waals surface area contributed by atoms with E-state index >= 15 is 0 Å². The Kier molecular flexibility index (Phi) is 6.10. The van der Waals surface area contributed by atoms with E-state index in [0.717, 1.165) is 39.1 Å². The van der Waals surface area contributed by atoms with E-state index < -0.39 is 0 Å². The monoisotopic (exact) mass is 201 g/mol. The Morgan fingerprint density at radius 2 is 1.64 bits per heavy atom. The van der Waals surface area contributed by atoms with Crippen LogP contribution in [0.2, 0.25) is 0 Å². The van der Waals surface area contributed by atoms with Crippen LogP contribution in [0.3, 0.4) is 0 Å². The van der Waals surface area contributed by atoms with Gasteiger partial charge < -0.3 is 20.6 Å². The number of hydrogen-bond donors (Lipinski definition) is 2. The predicted molar refractivity (Wildman–Crippen MR) is 58.3 cm³/mol. The van der Waals surface area contributed by atoms with Crippen LogP contribution >= 0.6 is 0 Å². The first-order chi connectivity index (χ1) is 6.86. The van der Waals surface area contributed by atoms with Crippen LogP contribution < -0.4 is 5.73 Å². The van der Waals surface area contributed by atoms with Gasteiger partial charge in [0.25, 0.3) is 0 Å². The molecular weight excluding hydrogens is 178 g/mol. The third kappa shape index (κ3) is 4.37. The molecule has 0 atom stereocenters. The molecule has 0 spiro atoms. The van der Waals surface area contributed by atoms with Crippen molar-refractivity contribution in [3.8, 4) is 0 Å². The van der Waals surface area contributed by atoms with E-state index in [-0.39, 0.29) is 0 Å². The van der Waals surface area contributed by atoms with Crippen molar-refractivity contribution < 1.29 is 5.11 Å². The summed E-state index contributed by atoms with van der Waals surface area (Å²) in [5.74, 6) is 0. The second-order valence-electron chi connectivity index (χ2n) is 3.90. The lowest BCUT2D eigenvalue weighted by Gasteiger charge is -2.20. The topological polar surface area (TPSA) is 52.7 Å². The minimum absolute atomic E-state index is 0.309. The van der Waals surface area contributed by atoms with Gasteiger partial charge in [-0.2, -0.15) is 0 Å². The lowest BCUT2D eigenvalue weighted by molar-refractivity contribution is 0.223. The van der Waals surface area contributed by atoms with E-state index in [0.29, 0.717) is 6.61 Å². The molecule has 1 fully saturated rings. The molecule has 84 valence electrons. The van der Waals surface area contributed by atoms with Crippen molar-refractivity contribution in [1.82, 2.24) is 9.80 Å². The van der Waals surface area contributed by atoms with Gasteiger partial charge in [-0.15, -0.1) is 0 Å². The molecule has 0 aromatic rings. The van der Waals surface area contributed by atoms with Crippen LogP contribution in [0.1, 0.15) is 12.8 Å². The van der Waals surface area contributed by atoms with E-state index in [2.05, 4.69) is 9.80 Å². The van der Waals surface area contributed by atoms with E-state index in [9.17, 15) is 0 Å². The van der Waals surface area contributed by atoms with Crippen molar-refractivity contribution in [2.75, 3.05) is 52.4 Å². The Bertz CT molecular complexity index is 143. The van der Waals surface area contributed by atoms with Gasteiger partial charge in [-0.05, 0) is 25.9 Å². The van der Waals surface area contributed by atoms with Crippen molar-refractivity contribution in [3.63, 3.8) is 0 Å². The van der Waals surface area contributed by atoms with Crippen molar-refractivity contribution in [2.45, 2.75) is 12.8 Å². The van der Waals surface area contributed by atoms with E-state index in [1.165, 1.54) is 19.5 Å². The molecule has 0 aromatic carbocycles. The first-order valence-electron chi connectivity index (χ1n) is 5.62. The normalized spacial score (nSPS) is 21.0. The summed E-state index contributed by atoms with van der Waals surface area (Å²) in [7, 11) is 0. The standard InChI is InChI=1S/C10H23N3O/c11-3-7-13-5-1-4-12(8-9-13)6-2-10-14/h14H,1-11H2. The Morgan fingerprint density at radius 1 is 1.00 bits per heavy atom. The molecule has 0 aromatic heterocycles. The number of aliphatic hydroxyl groups excluding tert-OH is 1. The van der Waals surface area contributed by atoms with Crippen molar-refractivity contribution in [3.05, 3.63) is 0 Å². The highest BCUT2D eigenvalue weighted by Gasteiger charge is 2.13. The predicted octanol–water partition coefficient (Wildman–Crippen LogP) is -0.665. The lowest BCUT2D eigenvalue weighted by atomic mass is 10.3. The number of hydrogen-bond acceptors (Lipinski definition) is 4. The smallest absolute Gasteiger partial charge is 0.0443 e. The molecule has 0 saturated carbocycles. The molecule has 4 nitrogen and oxygen atoms in total. The fourth-order valence-electron chi connectivity index (χ4n) is 1.95. The maximum atomic E-state index is 8.75. The molecule has 1 saturated heterocycles. The van der Waals surface area contributed by atoms with Gasteiger partial charge in [0, 0.05) is 39.3 Å². The maximum absolute atomic E-state index is 8.75. The van der Waals surface area contributed by atoms with Crippen LogP contribution in [-0.2, 0) is 0 Å². The Balaban J connectivity index is 2.19. The van der Waals surface area contributed by atoms with Crippen molar-refractivity contribution >= 4 is 0 Å². The maximum Gasteiger partial charge on any atom is 0.0443 e. The average molecular weight is 201 g/mol. The van der Waals surface area contributed by atoms with Crippen LogP contribution in [0, 0.1) is 0 Å². The number of nitrogens with two attached hydrogens (primary N) is 1. The fourth-order valence-corrected chi connectivity index (χ4v) is 1.95. The number of rotatable bonds is 5. The second-order valence-corrected chi connectivity index (χ2v) is 3.90. The molecule has 0 amide bonds. The van der Waals surface area contributed by atoms with Crippen molar-refractivity contribution in [1.29, 1.82) is 0 Å². The van der Waals surface area contributed by atoms with Gasteiger partial charge in [0.2, 0.25) is 0 Å². The summed E-state index contributed by atoms with van der Waals surface area (Å²) < 4.78 is 0. The lowest BCUT2D eigenvalue weighted by Crippen LogP contribution is -2.34. The van der Waals surface area contributed by atoms with Gasteiger partial charge in [0.05, 0.1) is 0 Å². The van der Waals surface area contributed by atoms with Crippen LogP contribution in [-0.4, -0.2) is 67.3 Å². The highest BCUT2D eigenvalue weighted by molar-refractivity contribution is 4.69. The zero-order valence-corrected chi connectivity index (χ0v) is 8.99. The number of aliphatic hydroxyl groups is 1. The van der Waals surface area contributed by atoms with Gasteiger partial charge in [-0.25, -0.2) is 0 Å². The third-order valence-corrected chi connectivity index (χ3v) is 2.76. The Morgan fingerprint density at radius 3 is 2.21 bits per heavy atom. The number of nitrogens with zero attached hydrogens (tertiary/aromatic N) is 2.